The van der Waals surface area contributed by atoms with Crippen molar-refractivity contribution in [1.29, 1.82) is 0 Å². The monoisotopic (exact) mass is 488 g/mol. The molecule has 2 aromatic rings. The van der Waals surface area contributed by atoms with Gasteiger partial charge >= 0.3 is 0 Å². The number of nitro benzene ring substituents is 1. The zero-order valence-corrected chi connectivity index (χ0v) is 22.3. The maximum atomic E-state index is 11.6. The maximum Gasteiger partial charge on any atom is 0.295 e. The van der Waals surface area contributed by atoms with Gasteiger partial charge < -0.3 is 5.32 Å². The van der Waals surface area contributed by atoms with Gasteiger partial charge in [-0.2, -0.15) is 16.8 Å². The number of carbonyl (C=O) groups excluding carboxylic acids is 1. The van der Waals surface area contributed by atoms with Crippen LogP contribution in [0, 0.1) is 10.1 Å². The summed E-state index contributed by atoms with van der Waals surface area (Å²) in [4.78, 5) is 19.8. The Hall–Kier alpha value is -1.13. The van der Waals surface area contributed by atoms with Crippen molar-refractivity contribution in [2.24, 2.45) is 0 Å². The third-order valence-electron chi connectivity index (χ3n) is 3.54. The molecule has 11 nitrogen and oxygen atoms in total. The molecule has 0 aromatic heterocycles. The summed E-state index contributed by atoms with van der Waals surface area (Å²) in [6.45, 7) is 1.20. The molecule has 0 aliphatic heterocycles. The number of non-ortho nitro benzene ring substituents is 1. The second-order valence-electron chi connectivity index (χ2n) is 5.70. The Morgan fingerprint density at radius 1 is 0.935 bits per heavy atom. The first-order valence-electron chi connectivity index (χ1n) is 7.62. The first-order chi connectivity index (χ1) is 13.3. The van der Waals surface area contributed by atoms with Crippen molar-refractivity contribution in [3.05, 3.63) is 57.6 Å². The van der Waals surface area contributed by atoms with Crippen LogP contribution in [-0.2, 0) is 25.0 Å². The number of rotatable bonds is 6. The SMILES string of the molecule is CC(=O)Nc1ccc(C=Cc2ccc([N+](=O)[O-])cc2S(=O)(=O)O)c(S(=O)(=O)O)c1.[Na].[Na]. The zero-order chi connectivity index (χ0) is 22.0. The van der Waals surface area contributed by atoms with Gasteiger partial charge in [-0.25, -0.2) is 0 Å². The maximum absolute atomic E-state index is 11.6. The fourth-order valence-electron chi connectivity index (χ4n) is 2.35. The summed E-state index contributed by atoms with van der Waals surface area (Å²) in [5, 5.41) is 13.2. The Morgan fingerprint density at radius 3 is 1.81 bits per heavy atom. The van der Waals surface area contributed by atoms with Crippen molar-refractivity contribution < 1.29 is 35.7 Å². The molecule has 0 bridgehead atoms. The number of amides is 1. The third kappa shape index (κ3) is 8.38. The predicted molar refractivity (Wildman–Crippen MR) is 114 cm³/mol. The van der Waals surface area contributed by atoms with E-state index in [1.54, 1.807) is 0 Å². The largest absolute Gasteiger partial charge is 0.326 e. The third-order valence-corrected chi connectivity index (χ3v) is 5.36. The van der Waals surface area contributed by atoms with E-state index in [4.69, 9.17) is 0 Å². The average Bonchev–Trinajstić information content (AvgIpc) is 2.58. The Kier molecular flexibility index (Phi) is 11.2. The van der Waals surface area contributed by atoms with E-state index in [2.05, 4.69) is 5.32 Å². The van der Waals surface area contributed by atoms with Crippen molar-refractivity contribution >= 4 is 109 Å². The Bertz CT molecular complexity index is 1240. The molecule has 0 aliphatic rings. The second-order valence-corrected chi connectivity index (χ2v) is 8.48. The Labute approximate surface area is 222 Å². The number of hydrogen-bond donors (Lipinski definition) is 3. The van der Waals surface area contributed by atoms with Crippen LogP contribution in [0.4, 0.5) is 11.4 Å². The predicted octanol–water partition coefficient (Wildman–Crippen LogP) is 1.46. The summed E-state index contributed by atoms with van der Waals surface area (Å²) >= 11 is 0. The minimum atomic E-state index is -4.82. The first-order valence-corrected chi connectivity index (χ1v) is 10.5. The zero-order valence-electron chi connectivity index (χ0n) is 16.6. The fraction of sp³-hybridized carbons (Fsp3) is 0.0625. The van der Waals surface area contributed by atoms with Crippen molar-refractivity contribution in [1.82, 2.24) is 0 Å². The van der Waals surface area contributed by atoms with Gasteiger partial charge in [0.15, 0.2) is 0 Å². The van der Waals surface area contributed by atoms with E-state index < -0.39 is 46.5 Å². The normalized spacial score (nSPS) is 11.3. The molecule has 1 amide bonds. The van der Waals surface area contributed by atoms with Gasteiger partial charge in [-0.1, -0.05) is 18.2 Å². The Morgan fingerprint density at radius 2 is 1.39 bits per heavy atom. The molecule has 0 aliphatic carbocycles. The molecule has 0 spiro atoms. The van der Waals surface area contributed by atoms with E-state index in [0.29, 0.717) is 6.07 Å². The van der Waals surface area contributed by atoms with Crippen LogP contribution in [0.2, 0.25) is 0 Å². The molecule has 15 heteroatoms. The van der Waals surface area contributed by atoms with E-state index in [1.165, 1.54) is 19.1 Å². The van der Waals surface area contributed by atoms with Crippen molar-refractivity contribution in [2.45, 2.75) is 16.7 Å². The summed E-state index contributed by atoms with van der Waals surface area (Å²) < 4.78 is 65.1. The van der Waals surface area contributed by atoms with E-state index in [1.807, 2.05) is 0 Å². The molecule has 2 aromatic carbocycles. The molecule has 0 saturated carbocycles. The van der Waals surface area contributed by atoms with Crippen molar-refractivity contribution in [3.63, 3.8) is 0 Å². The van der Waals surface area contributed by atoms with Gasteiger partial charge in [-0.3, -0.25) is 24.0 Å². The molecular formula is C16H14N2Na2O9S2. The minimum Gasteiger partial charge on any atom is -0.326 e. The van der Waals surface area contributed by atoms with Crippen LogP contribution < -0.4 is 5.32 Å². The van der Waals surface area contributed by atoms with Crippen LogP contribution in [0.15, 0.2) is 46.2 Å². The fourth-order valence-corrected chi connectivity index (χ4v) is 3.77. The number of nitrogens with zero attached hydrogens (tertiary/aromatic N) is 1. The molecule has 0 fully saturated rings. The smallest absolute Gasteiger partial charge is 0.295 e. The van der Waals surface area contributed by atoms with Gasteiger partial charge in [0.05, 0.1) is 4.92 Å². The van der Waals surface area contributed by atoms with E-state index in [0.717, 1.165) is 30.4 Å². The number of benzene rings is 2. The summed E-state index contributed by atoms with van der Waals surface area (Å²) in [5.74, 6) is -0.474. The molecule has 2 rings (SSSR count). The van der Waals surface area contributed by atoms with Crippen LogP contribution in [0.3, 0.4) is 0 Å². The summed E-state index contributed by atoms with van der Waals surface area (Å²) in [7, 11) is -9.54. The van der Waals surface area contributed by atoms with Gasteiger partial charge in [0.25, 0.3) is 25.9 Å². The second kappa shape index (κ2) is 11.7. The molecule has 0 unspecified atom stereocenters. The average molecular weight is 488 g/mol. The molecular weight excluding hydrogens is 474 g/mol. The van der Waals surface area contributed by atoms with Crippen LogP contribution in [0.25, 0.3) is 12.2 Å². The summed E-state index contributed by atoms with van der Waals surface area (Å²) in [5.41, 5.74) is -0.712. The number of carbonyl (C=O) groups is 1. The van der Waals surface area contributed by atoms with E-state index >= 15 is 0 Å². The molecule has 0 saturated heterocycles. The summed E-state index contributed by atoms with van der Waals surface area (Å²) in [6.07, 6.45) is 2.21. The number of hydrogen-bond acceptors (Lipinski definition) is 7. The van der Waals surface area contributed by atoms with Gasteiger partial charge in [-0.05, 0) is 29.3 Å². The molecule has 3 N–H and O–H groups in total. The van der Waals surface area contributed by atoms with Crippen LogP contribution in [0.5, 0.6) is 0 Å². The molecule has 0 heterocycles. The van der Waals surface area contributed by atoms with Crippen molar-refractivity contribution in [3.8, 4) is 0 Å². The van der Waals surface area contributed by atoms with E-state index in [9.17, 15) is 40.8 Å². The molecule has 2 radical (unpaired) electrons. The van der Waals surface area contributed by atoms with Gasteiger partial charge in [0.2, 0.25) is 5.91 Å². The van der Waals surface area contributed by atoms with Gasteiger partial charge in [0.1, 0.15) is 9.79 Å². The number of nitro groups is 1. The van der Waals surface area contributed by atoms with Crippen molar-refractivity contribution in [2.75, 3.05) is 5.32 Å². The molecule has 31 heavy (non-hydrogen) atoms. The van der Waals surface area contributed by atoms with Crippen LogP contribution in [-0.4, -0.2) is 95.9 Å². The van der Waals surface area contributed by atoms with E-state index in [-0.39, 0.29) is 75.9 Å². The Balaban J connectivity index is 0.00000450. The first kappa shape index (κ1) is 29.9. The summed E-state index contributed by atoms with van der Waals surface area (Å²) in [6, 6.07) is 6.28. The number of nitrogens with one attached hydrogen (secondary N) is 1. The van der Waals surface area contributed by atoms with Gasteiger partial charge in [0, 0.05) is 83.9 Å². The molecule has 0 atom stereocenters. The topological polar surface area (TPSA) is 181 Å². The minimum absolute atomic E-state index is 0. The standard InChI is InChI=1S/C16H14N2O9S2.2Na/c1-10(19)17-13-6-4-11(15(8-13)28(22,23)24)2-3-12-5-7-14(18(20)21)9-16(12)29(25,26)27;;/h2-9H,1H3,(H,17,19)(H,22,23,24)(H,25,26,27);;. The van der Waals surface area contributed by atoms with Crippen LogP contribution >= 0.6 is 0 Å². The number of anilines is 1. The quantitative estimate of drug-likeness (QED) is 0.178. The van der Waals surface area contributed by atoms with Gasteiger partial charge in [-0.15, -0.1) is 0 Å². The van der Waals surface area contributed by atoms with Crippen LogP contribution in [0.1, 0.15) is 18.1 Å². The molecule has 156 valence electrons.